The average Bonchev–Trinajstić information content (AvgIpc) is 2.26. The van der Waals surface area contributed by atoms with Gasteiger partial charge in [-0.3, -0.25) is 0 Å². The molecule has 0 unspecified atom stereocenters. The summed E-state index contributed by atoms with van der Waals surface area (Å²) < 4.78 is 6.27. The molecule has 0 aliphatic carbocycles. The lowest BCUT2D eigenvalue weighted by Gasteiger charge is -2.19. The number of hydrogen-bond donors (Lipinski definition) is 1. The van der Waals surface area contributed by atoms with E-state index in [-0.39, 0.29) is 6.09 Å². The van der Waals surface area contributed by atoms with Crippen LogP contribution >= 0.6 is 15.9 Å². The highest BCUT2D eigenvalue weighted by molar-refractivity contribution is 9.10. The average molecular weight is 328 g/mol. The van der Waals surface area contributed by atoms with E-state index < -0.39 is 5.60 Å². The standard InChI is InChI=1S/C15H22BrNO2/c1-15(2,3)19-14(18)17-10-5-4-7-12-8-6-9-13(16)11-12/h6,8-9,11H,4-5,7,10H2,1-3H3,(H,17,18). The van der Waals surface area contributed by atoms with Crippen LogP contribution in [0.25, 0.3) is 0 Å². The van der Waals surface area contributed by atoms with E-state index in [1.54, 1.807) is 0 Å². The van der Waals surface area contributed by atoms with Crippen molar-refractivity contribution in [3.8, 4) is 0 Å². The predicted octanol–water partition coefficient (Wildman–Crippen LogP) is 4.30. The SMILES string of the molecule is CC(C)(C)OC(=O)NCCCCc1cccc(Br)c1. The Morgan fingerprint density at radius 2 is 2.05 bits per heavy atom. The van der Waals surface area contributed by atoms with Crippen molar-refractivity contribution < 1.29 is 9.53 Å². The number of alkyl carbamates (subject to hydrolysis) is 1. The molecule has 0 heterocycles. The van der Waals surface area contributed by atoms with Crippen LogP contribution in [0, 0.1) is 0 Å². The number of ether oxygens (including phenoxy) is 1. The van der Waals surface area contributed by atoms with Crippen LogP contribution in [0.15, 0.2) is 28.7 Å². The zero-order valence-electron chi connectivity index (χ0n) is 11.8. The van der Waals surface area contributed by atoms with E-state index in [1.165, 1.54) is 5.56 Å². The van der Waals surface area contributed by atoms with Gasteiger partial charge < -0.3 is 10.1 Å². The maximum Gasteiger partial charge on any atom is 0.407 e. The molecule has 0 aliphatic rings. The largest absolute Gasteiger partial charge is 0.444 e. The molecule has 0 radical (unpaired) electrons. The summed E-state index contributed by atoms with van der Waals surface area (Å²) in [6.45, 7) is 6.24. The summed E-state index contributed by atoms with van der Waals surface area (Å²) in [6.07, 6.45) is 2.68. The topological polar surface area (TPSA) is 38.3 Å². The number of aryl methyl sites for hydroxylation is 1. The molecule has 1 aromatic carbocycles. The number of nitrogens with one attached hydrogen (secondary N) is 1. The Morgan fingerprint density at radius 1 is 1.32 bits per heavy atom. The molecular formula is C15H22BrNO2. The second kappa shape index (κ2) is 7.53. The van der Waals surface area contributed by atoms with Crippen molar-refractivity contribution >= 4 is 22.0 Å². The zero-order chi connectivity index (χ0) is 14.3. The predicted molar refractivity (Wildman–Crippen MR) is 81.3 cm³/mol. The van der Waals surface area contributed by atoms with Crippen LogP contribution in [0.2, 0.25) is 0 Å². The fraction of sp³-hybridized carbons (Fsp3) is 0.533. The van der Waals surface area contributed by atoms with Crippen LogP contribution in [0.1, 0.15) is 39.2 Å². The number of unbranched alkanes of at least 4 members (excludes halogenated alkanes) is 1. The van der Waals surface area contributed by atoms with E-state index in [9.17, 15) is 4.79 Å². The van der Waals surface area contributed by atoms with E-state index in [2.05, 4.69) is 33.4 Å². The first kappa shape index (κ1) is 16.0. The van der Waals surface area contributed by atoms with E-state index in [0.717, 1.165) is 23.7 Å². The molecule has 106 valence electrons. The van der Waals surface area contributed by atoms with Crippen LogP contribution in [0.3, 0.4) is 0 Å². The second-order valence-corrected chi connectivity index (χ2v) is 6.43. The van der Waals surface area contributed by atoms with Crippen LogP contribution < -0.4 is 5.32 Å². The molecular weight excluding hydrogens is 306 g/mol. The van der Waals surface area contributed by atoms with E-state index in [1.807, 2.05) is 32.9 Å². The molecule has 1 rings (SSSR count). The summed E-state index contributed by atoms with van der Waals surface area (Å²) >= 11 is 3.46. The van der Waals surface area contributed by atoms with Crippen molar-refractivity contribution in [2.75, 3.05) is 6.54 Å². The molecule has 1 amide bonds. The molecule has 19 heavy (non-hydrogen) atoms. The quantitative estimate of drug-likeness (QED) is 0.819. The Kier molecular flexibility index (Phi) is 6.35. The molecule has 0 spiro atoms. The summed E-state index contributed by atoms with van der Waals surface area (Å²) in [5.74, 6) is 0. The van der Waals surface area contributed by atoms with Gasteiger partial charge in [-0.15, -0.1) is 0 Å². The van der Waals surface area contributed by atoms with Gasteiger partial charge in [0.25, 0.3) is 0 Å². The first-order valence-electron chi connectivity index (χ1n) is 6.58. The van der Waals surface area contributed by atoms with Gasteiger partial charge in [0.2, 0.25) is 0 Å². The summed E-state index contributed by atoms with van der Waals surface area (Å²) in [4.78, 5) is 11.4. The minimum absolute atomic E-state index is 0.338. The van der Waals surface area contributed by atoms with Gasteiger partial charge in [0, 0.05) is 11.0 Å². The summed E-state index contributed by atoms with van der Waals surface area (Å²) in [6, 6.07) is 8.30. The van der Waals surface area contributed by atoms with E-state index >= 15 is 0 Å². The molecule has 0 aliphatic heterocycles. The number of benzene rings is 1. The Labute approximate surface area is 123 Å². The monoisotopic (exact) mass is 327 g/mol. The maximum atomic E-state index is 11.4. The van der Waals surface area contributed by atoms with E-state index in [4.69, 9.17) is 4.74 Å². The highest BCUT2D eigenvalue weighted by Crippen LogP contribution is 2.13. The van der Waals surface area contributed by atoms with E-state index in [0.29, 0.717) is 6.54 Å². The minimum atomic E-state index is -0.430. The Bertz CT molecular complexity index is 413. The van der Waals surface area contributed by atoms with Gasteiger partial charge in [-0.2, -0.15) is 0 Å². The van der Waals surface area contributed by atoms with Crippen molar-refractivity contribution in [1.29, 1.82) is 0 Å². The highest BCUT2D eigenvalue weighted by Gasteiger charge is 2.15. The van der Waals surface area contributed by atoms with Crippen molar-refractivity contribution in [3.05, 3.63) is 34.3 Å². The first-order chi connectivity index (χ1) is 8.87. The van der Waals surface area contributed by atoms with Crippen molar-refractivity contribution in [3.63, 3.8) is 0 Å². The third-order valence-corrected chi connectivity index (χ3v) is 2.94. The fourth-order valence-corrected chi connectivity index (χ4v) is 2.10. The molecule has 0 saturated carbocycles. The molecule has 1 aromatic rings. The van der Waals surface area contributed by atoms with Crippen molar-refractivity contribution in [2.45, 2.75) is 45.6 Å². The van der Waals surface area contributed by atoms with Gasteiger partial charge in [-0.1, -0.05) is 28.1 Å². The molecule has 0 atom stereocenters. The van der Waals surface area contributed by atoms with Gasteiger partial charge >= 0.3 is 6.09 Å². The van der Waals surface area contributed by atoms with Crippen LogP contribution in [0.5, 0.6) is 0 Å². The van der Waals surface area contributed by atoms with Crippen LogP contribution in [0.4, 0.5) is 4.79 Å². The Balaban J connectivity index is 2.13. The smallest absolute Gasteiger partial charge is 0.407 e. The number of hydrogen-bond acceptors (Lipinski definition) is 2. The second-order valence-electron chi connectivity index (χ2n) is 5.52. The Morgan fingerprint density at radius 3 is 2.68 bits per heavy atom. The lowest BCUT2D eigenvalue weighted by molar-refractivity contribution is 0.0527. The lowest BCUT2D eigenvalue weighted by Crippen LogP contribution is -2.33. The van der Waals surface area contributed by atoms with Crippen molar-refractivity contribution in [2.24, 2.45) is 0 Å². The number of halogens is 1. The third-order valence-electron chi connectivity index (χ3n) is 2.45. The molecule has 0 saturated heterocycles. The molecule has 0 fully saturated rings. The van der Waals surface area contributed by atoms with Crippen molar-refractivity contribution in [1.82, 2.24) is 5.32 Å². The first-order valence-corrected chi connectivity index (χ1v) is 7.37. The molecule has 4 heteroatoms. The van der Waals surface area contributed by atoms with Gasteiger partial charge in [0.15, 0.2) is 0 Å². The zero-order valence-corrected chi connectivity index (χ0v) is 13.4. The number of carbonyl (C=O) groups is 1. The number of amides is 1. The van der Waals surface area contributed by atoms with Gasteiger partial charge in [0.1, 0.15) is 5.60 Å². The minimum Gasteiger partial charge on any atom is -0.444 e. The Hall–Kier alpha value is -1.03. The lowest BCUT2D eigenvalue weighted by atomic mass is 10.1. The van der Waals surface area contributed by atoms with Crippen LogP contribution in [-0.4, -0.2) is 18.2 Å². The normalized spacial score (nSPS) is 11.2. The molecule has 3 nitrogen and oxygen atoms in total. The molecule has 0 aromatic heterocycles. The number of carbonyl (C=O) groups excluding carboxylic acids is 1. The fourth-order valence-electron chi connectivity index (χ4n) is 1.65. The third kappa shape index (κ3) is 7.88. The molecule has 1 N–H and O–H groups in total. The summed E-state index contributed by atoms with van der Waals surface area (Å²) in [5.41, 5.74) is 0.882. The van der Waals surface area contributed by atoms with Crippen LogP contribution in [-0.2, 0) is 11.2 Å². The van der Waals surface area contributed by atoms with Gasteiger partial charge in [0.05, 0.1) is 0 Å². The maximum absolute atomic E-state index is 11.4. The summed E-state index contributed by atoms with van der Waals surface area (Å²) in [7, 11) is 0. The highest BCUT2D eigenvalue weighted by atomic mass is 79.9. The number of rotatable bonds is 5. The summed E-state index contributed by atoms with van der Waals surface area (Å²) in [5, 5.41) is 2.77. The molecule has 0 bridgehead atoms. The van der Waals surface area contributed by atoms with Gasteiger partial charge in [-0.25, -0.2) is 4.79 Å². The van der Waals surface area contributed by atoms with Gasteiger partial charge in [-0.05, 0) is 57.7 Å².